The van der Waals surface area contributed by atoms with Gasteiger partial charge in [-0.3, -0.25) is 4.79 Å². The number of amides is 1. The van der Waals surface area contributed by atoms with Crippen LogP contribution >= 0.6 is 0 Å². The first kappa shape index (κ1) is 11.8. The third-order valence-corrected chi connectivity index (χ3v) is 3.14. The summed E-state index contributed by atoms with van der Waals surface area (Å²) in [5, 5.41) is 6.25. The van der Waals surface area contributed by atoms with Gasteiger partial charge in [0.15, 0.2) is 0 Å². The molecule has 0 bridgehead atoms. The second-order valence-corrected chi connectivity index (χ2v) is 4.81. The number of rotatable bonds is 5. The Labute approximate surface area is 111 Å². The van der Waals surface area contributed by atoms with Crippen LogP contribution in [0.1, 0.15) is 28.8 Å². The monoisotopic (exact) mass is 256 g/mol. The number of hydrogen-bond donors (Lipinski definition) is 2. The van der Waals surface area contributed by atoms with Crippen molar-refractivity contribution < 1.29 is 9.21 Å². The predicted molar refractivity (Wildman–Crippen MR) is 73.0 cm³/mol. The summed E-state index contributed by atoms with van der Waals surface area (Å²) in [6.45, 7) is 0.712. The zero-order valence-electron chi connectivity index (χ0n) is 10.6. The molecular formula is C15H16N2O2. The largest absolute Gasteiger partial charge is 0.472 e. The molecule has 1 aliphatic rings. The van der Waals surface area contributed by atoms with Gasteiger partial charge in [-0.15, -0.1) is 0 Å². The Balaban J connectivity index is 1.57. The van der Waals surface area contributed by atoms with Crippen LogP contribution in [0.25, 0.3) is 0 Å². The smallest absolute Gasteiger partial charge is 0.251 e. The molecule has 1 fully saturated rings. The molecule has 0 spiro atoms. The Bertz CT molecular complexity index is 542. The lowest BCUT2D eigenvalue weighted by molar-refractivity contribution is 0.0951. The fourth-order valence-corrected chi connectivity index (χ4v) is 1.83. The summed E-state index contributed by atoms with van der Waals surface area (Å²) in [6.07, 6.45) is 5.58. The summed E-state index contributed by atoms with van der Waals surface area (Å²) in [5.74, 6) is 0.0175. The van der Waals surface area contributed by atoms with Crippen LogP contribution in [0.2, 0.25) is 0 Å². The molecular weight excluding hydrogens is 240 g/mol. The summed E-state index contributed by atoms with van der Waals surface area (Å²) in [7, 11) is 0. The molecule has 3 rings (SSSR count). The number of furan rings is 1. The van der Waals surface area contributed by atoms with E-state index in [4.69, 9.17) is 4.42 Å². The predicted octanol–water partition coefficient (Wildman–Crippen LogP) is 2.78. The first-order valence-corrected chi connectivity index (χ1v) is 6.47. The van der Waals surface area contributed by atoms with E-state index in [-0.39, 0.29) is 5.91 Å². The van der Waals surface area contributed by atoms with Crippen molar-refractivity contribution in [3.8, 4) is 0 Å². The Morgan fingerprint density at radius 1 is 1.21 bits per heavy atom. The third-order valence-electron chi connectivity index (χ3n) is 3.14. The second kappa shape index (κ2) is 5.18. The van der Waals surface area contributed by atoms with Crippen LogP contribution in [-0.2, 0) is 6.54 Å². The quantitative estimate of drug-likeness (QED) is 0.865. The highest BCUT2D eigenvalue weighted by molar-refractivity contribution is 5.94. The van der Waals surface area contributed by atoms with Crippen molar-refractivity contribution in [2.45, 2.75) is 25.4 Å². The van der Waals surface area contributed by atoms with Gasteiger partial charge in [0.05, 0.1) is 12.5 Å². The van der Waals surface area contributed by atoms with Gasteiger partial charge < -0.3 is 15.1 Å². The van der Waals surface area contributed by atoms with Gasteiger partial charge in [-0.1, -0.05) is 0 Å². The van der Waals surface area contributed by atoms with E-state index in [2.05, 4.69) is 10.6 Å². The Hall–Kier alpha value is -2.23. The first-order chi connectivity index (χ1) is 9.31. The van der Waals surface area contributed by atoms with E-state index in [1.165, 1.54) is 0 Å². The average molecular weight is 256 g/mol. The fourth-order valence-electron chi connectivity index (χ4n) is 1.83. The topological polar surface area (TPSA) is 54.3 Å². The van der Waals surface area contributed by atoms with Gasteiger partial charge in [0.1, 0.15) is 0 Å². The van der Waals surface area contributed by atoms with Gasteiger partial charge in [0.2, 0.25) is 0 Å². The third kappa shape index (κ3) is 3.16. The minimum atomic E-state index is 0.0175. The van der Waals surface area contributed by atoms with Crippen molar-refractivity contribution in [2.75, 3.05) is 5.32 Å². The highest BCUT2D eigenvalue weighted by Crippen LogP contribution is 2.19. The molecule has 2 aromatic rings. The van der Waals surface area contributed by atoms with Crippen molar-refractivity contribution in [3.63, 3.8) is 0 Å². The molecule has 0 atom stereocenters. The molecule has 1 aromatic carbocycles. The lowest BCUT2D eigenvalue weighted by Crippen LogP contribution is -2.25. The van der Waals surface area contributed by atoms with Crippen LogP contribution in [0.4, 0.5) is 5.69 Å². The standard InChI is InChI=1S/C15H16N2O2/c18-15(17-14-5-6-14)12-1-3-13(4-2-12)16-9-11-7-8-19-10-11/h1-4,7-8,10,14,16H,5-6,9H2,(H,17,18). The lowest BCUT2D eigenvalue weighted by Gasteiger charge is -2.07. The first-order valence-electron chi connectivity index (χ1n) is 6.47. The number of carbonyl (C=O) groups excluding carboxylic acids is 1. The van der Waals surface area contributed by atoms with Crippen LogP contribution in [0.15, 0.2) is 47.3 Å². The van der Waals surface area contributed by atoms with E-state index in [1.54, 1.807) is 12.5 Å². The Morgan fingerprint density at radius 2 is 2.00 bits per heavy atom. The SMILES string of the molecule is O=C(NC1CC1)c1ccc(NCc2ccoc2)cc1. The number of anilines is 1. The van der Waals surface area contributed by atoms with E-state index in [0.29, 0.717) is 18.2 Å². The van der Waals surface area contributed by atoms with E-state index in [1.807, 2.05) is 30.3 Å². The summed E-state index contributed by atoms with van der Waals surface area (Å²) in [4.78, 5) is 11.8. The zero-order chi connectivity index (χ0) is 13.1. The van der Waals surface area contributed by atoms with Crippen molar-refractivity contribution in [2.24, 2.45) is 0 Å². The minimum Gasteiger partial charge on any atom is -0.472 e. The normalized spacial score (nSPS) is 14.1. The van der Waals surface area contributed by atoms with Crippen LogP contribution in [0, 0.1) is 0 Å². The van der Waals surface area contributed by atoms with Crippen LogP contribution in [0.3, 0.4) is 0 Å². The number of hydrogen-bond acceptors (Lipinski definition) is 3. The van der Waals surface area contributed by atoms with Gasteiger partial charge >= 0.3 is 0 Å². The molecule has 19 heavy (non-hydrogen) atoms. The highest BCUT2D eigenvalue weighted by Gasteiger charge is 2.23. The van der Waals surface area contributed by atoms with Gasteiger partial charge in [-0.25, -0.2) is 0 Å². The lowest BCUT2D eigenvalue weighted by atomic mass is 10.2. The van der Waals surface area contributed by atoms with Crippen LogP contribution < -0.4 is 10.6 Å². The summed E-state index contributed by atoms with van der Waals surface area (Å²) in [5.41, 5.74) is 2.79. The number of benzene rings is 1. The maximum atomic E-state index is 11.8. The molecule has 1 aliphatic carbocycles. The van der Waals surface area contributed by atoms with Crippen LogP contribution in [0.5, 0.6) is 0 Å². The van der Waals surface area contributed by atoms with Gasteiger partial charge in [0.25, 0.3) is 5.91 Å². The highest BCUT2D eigenvalue weighted by atomic mass is 16.3. The fraction of sp³-hybridized carbons (Fsp3) is 0.267. The second-order valence-electron chi connectivity index (χ2n) is 4.81. The molecule has 4 nitrogen and oxygen atoms in total. The van der Waals surface area contributed by atoms with Crippen LogP contribution in [-0.4, -0.2) is 11.9 Å². The van der Waals surface area contributed by atoms with E-state index < -0.39 is 0 Å². The maximum absolute atomic E-state index is 11.8. The van der Waals surface area contributed by atoms with Crippen molar-refractivity contribution in [1.82, 2.24) is 5.32 Å². The van der Waals surface area contributed by atoms with Crippen molar-refractivity contribution in [1.29, 1.82) is 0 Å². The Kier molecular flexibility index (Phi) is 3.23. The van der Waals surface area contributed by atoms with Gasteiger partial charge in [-0.2, -0.15) is 0 Å². The molecule has 0 unspecified atom stereocenters. The molecule has 1 amide bonds. The van der Waals surface area contributed by atoms with Crippen molar-refractivity contribution >= 4 is 11.6 Å². The molecule has 0 aliphatic heterocycles. The van der Waals surface area contributed by atoms with Gasteiger partial charge in [0, 0.05) is 29.4 Å². The van der Waals surface area contributed by atoms with E-state index >= 15 is 0 Å². The zero-order valence-corrected chi connectivity index (χ0v) is 10.6. The van der Waals surface area contributed by atoms with Gasteiger partial charge in [-0.05, 0) is 43.2 Å². The molecule has 98 valence electrons. The molecule has 0 radical (unpaired) electrons. The maximum Gasteiger partial charge on any atom is 0.251 e. The molecule has 1 saturated carbocycles. The Morgan fingerprint density at radius 3 is 2.63 bits per heavy atom. The minimum absolute atomic E-state index is 0.0175. The molecule has 1 aromatic heterocycles. The van der Waals surface area contributed by atoms with Crippen molar-refractivity contribution in [3.05, 3.63) is 54.0 Å². The van der Waals surface area contributed by atoms with E-state index in [9.17, 15) is 4.79 Å². The summed E-state index contributed by atoms with van der Waals surface area (Å²) < 4.78 is 5.00. The summed E-state index contributed by atoms with van der Waals surface area (Å²) >= 11 is 0. The molecule has 1 heterocycles. The summed E-state index contributed by atoms with van der Waals surface area (Å²) in [6, 6.07) is 9.84. The molecule has 4 heteroatoms. The average Bonchev–Trinajstić information content (AvgIpc) is 3.09. The number of carbonyl (C=O) groups is 1. The number of nitrogens with one attached hydrogen (secondary N) is 2. The molecule has 2 N–H and O–H groups in total. The molecule has 0 saturated heterocycles. The van der Waals surface area contributed by atoms with E-state index in [0.717, 1.165) is 24.1 Å².